The minimum absolute atomic E-state index is 0.554. The van der Waals surface area contributed by atoms with Crippen LogP contribution in [0.25, 0.3) is 0 Å². The Morgan fingerprint density at radius 1 is 0.542 bits per heavy atom. The Balaban J connectivity index is 4.86. The molecule has 0 fully saturated rings. The first-order valence-electron chi connectivity index (χ1n) is 7.08. The summed E-state index contributed by atoms with van der Waals surface area (Å²) in [7, 11) is 17.6. The van der Waals surface area contributed by atoms with Crippen LogP contribution in [0, 0.1) is 0 Å². The van der Waals surface area contributed by atoms with Crippen LogP contribution in [0.5, 0.6) is 0 Å². The lowest BCUT2D eigenvalue weighted by Crippen LogP contribution is -2.54. The van der Waals surface area contributed by atoms with Crippen molar-refractivity contribution < 1.29 is 28.4 Å². The quantitative estimate of drug-likeness (QED) is 0.174. The summed E-state index contributed by atoms with van der Waals surface area (Å²) in [5.41, 5.74) is 0. The molecule has 6 nitrogen and oxygen atoms in total. The first kappa shape index (κ1) is 25.6. The lowest BCUT2D eigenvalue weighted by Gasteiger charge is -2.43. The second-order valence-corrected chi connectivity index (χ2v) is 16.0. The van der Waals surface area contributed by atoms with Gasteiger partial charge in [0.15, 0.2) is 20.7 Å². The fraction of sp³-hybridized carbons (Fsp3) is 1.00. The molecule has 0 bridgehead atoms. The number of hydrogen-bond acceptors (Lipinski definition) is 10. The molecule has 0 aliphatic heterocycles. The molecule has 24 heavy (non-hydrogen) atoms. The summed E-state index contributed by atoms with van der Waals surface area (Å²) in [4.78, 5) is 0. The zero-order chi connectivity index (χ0) is 19.1. The van der Waals surface area contributed by atoms with Crippen molar-refractivity contribution in [3.8, 4) is 0 Å². The predicted octanol–water partition coefficient (Wildman–Crippen LogP) is 1.01. The predicted molar refractivity (Wildman–Crippen MR) is 115 cm³/mol. The van der Waals surface area contributed by atoms with E-state index in [4.69, 9.17) is 28.4 Å². The molecule has 12 heteroatoms. The Bertz CT molecular complexity index is 341. The average molecular weight is 455 g/mol. The topological polar surface area (TPSA) is 55.4 Å². The van der Waals surface area contributed by atoms with Crippen molar-refractivity contribution in [3.63, 3.8) is 0 Å². The van der Waals surface area contributed by atoms with E-state index >= 15 is 0 Å². The summed E-state index contributed by atoms with van der Waals surface area (Å²) in [5.74, 6) is -1.63. The molecule has 0 saturated heterocycles. The van der Waals surface area contributed by atoms with Gasteiger partial charge in [-0.2, -0.15) is 0 Å². The molecule has 0 amide bonds. The molecule has 0 aromatic carbocycles. The van der Waals surface area contributed by atoms with E-state index in [0.717, 1.165) is 20.5 Å². The summed E-state index contributed by atoms with van der Waals surface area (Å²) in [6.45, 7) is 3.77. The van der Waals surface area contributed by atoms with Crippen LogP contribution in [0.3, 0.4) is 0 Å². The third kappa shape index (κ3) is 5.55. The first-order chi connectivity index (χ1) is 11.1. The van der Waals surface area contributed by atoms with Gasteiger partial charge in [0.1, 0.15) is 0 Å². The molecule has 0 rings (SSSR count). The van der Waals surface area contributed by atoms with E-state index in [2.05, 4.69) is 0 Å². The second kappa shape index (κ2) is 10.8. The van der Waals surface area contributed by atoms with Gasteiger partial charge < -0.3 is 28.4 Å². The van der Waals surface area contributed by atoms with E-state index in [9.17, 15) is 0 Å². The van der Waals surface area contributed by atoms with Crippen LogP contribution in [-0.4, -0.2) is 83.8 Å². The SMILES string of the molecule is COC(C)(OC)C([SiH3])(OC)SSSSC([SiH3])(OC)C(C)(OC)OC. The highest BCUT2D eigenvalue weighted by molar-refractivity contribution is 9.26. The molecule has 2 atom stereocenters. The van der Waals surface area contributed by atoms with Crippen molar-refractivity contribution in [2.75, 3.05) is 42.7 Å². The summed E-state index contributed by atoms with van der Waals surface area (Å²) in [6, 6.07) is 0. The van der Waals surface area contributed by atoms with Crippen LogP contribution >= 0.6 is 41.2 Å². The minimum atomic E-state index is -0.816. The number of ether oxygens (including phenoxy) is 6. The molecule has 0 aromatic rings. The van der Waals surface area contributed by atoms with E-state index in [1.807, 2.05) is 13.8 Å². The third-order valence-electron chi connectivity index (χ3n) is 4.40. The van der Waals surface area contributed by atoms with E-state index in [-0.39, 0.29) is 0 Å². The van der Waals surface area contributed by atoms with Crippen LogP contribution in [0.2, 0.25) is 0 Å². The van der Waals surface area contributed by atoms with Gasteiger partial charge in [-0.1, -0.05) is 0 Å². The molecular formula is C12H30O6S4Si2. The Hall–Kier alpha value is 1.59. The van der Waals surface area contributed by atoms with Crippen molar-refractivity contribution in [1.29, 1.82) is 0 Å². The van der Waals surface area contributed by atoms with Crippen LogP contribution in [-0.2, 0) is 28.4 Å². The fourth-order valence-corrected chi connectivity index (χ4v) is 13.8. The standard InChI is InChI=1S/C12H30O6S4Si2/c1-9(13-3,14-4)11(23,17-7)19-21-22-20-12(24,18-8)10(2,15-5)16-6/h1-8,23-24H3. The highest BCUT2D eigenvalue weighted by Gasteiger charge is 2.49. The van der Waals surface area contributed by atoms with Gasteiger partial charge in [-0.25, -0.2) is 0 Å². The van der Waals surface area contributed by atoms with E-state index < -0.39 is 20.7 Å². The zero-order valence-electron chi connectivity index (χ0n) is 16.1. The van der Waals surface area contributed by atoms with Crippen molar-refractivity contribution >= 4 is 61.7 Å². The van der Waals surface area contributed by atoms with Crippen LogP contribution in [0.4, 0.5) is 0 Å². The van der Waals surface area contributed by atoms with Crippen LogP contribution in [0.15, 0.2) is 0 Å². The number of hydrogen-bond donors (Lipinski definition) is 0. The normalized spacial score (nSPS) is 18.5. The summed E-state index contributed by atoms with van der Waals surface area (Å²) < 4.78 is 32.4. The molecule has 0 radical (unpaired) electrons. The molecule has 0 aromatic heterocycles. The van der Waals surface area contributed by atoms with Crippen LogP contribution < -0.4 is 0 Å². The molecule has 0 heterocycles. The largest absolute Gasteiger partial charge is 0.366 e. The molecule has 0 aliphatic rings. The van der Waals surface area contributed by atoms with E-state index in [0.29, 0.717) is 0 Å². The van der Waals surface area contributed by atoms with Crippen molar-refractivity contribution in [2.24, 2.45) is 0 Å². The van der Waals surface area contributed by atoms with Crippen LogP contribution in [0.1, 0.15) is 13.8 Å². The molecule has 0 aliphatic carbocycles. The van der Waals surface area contributed by atoms with Crippen molar-refractivity contribution in [2.45, 2.75) is 34.5 Å². The summed E-state index contributed by atoms with van der Waals surface area (Å²) in [5, 5.41) is 0. The molecule has 0 saturated carbocycles. The summed E-state index contributed by atoms with van der Waals surface area (Å²) >= 11 is 0. The fourth-order valence-electron chi connectivity index (χ4n) is 1.66. The van der Waals surface area contributed by atoms with Gasteiger partial charge in [0.05, 0.1) is 20.5 Å². The molecule has 146 valence electrons. The maximum Gasteiger partial charge on any atom is 0.200 e. The van der Waals surface area contributed by atoms with Gasteiger partial charge in [-0.3, -0.25) is 0 Å². The zero-order valence-corrected chi connectivity index (χ0v) is 23.3. The Labute approximate surface area is 166 Å². The maximum absolute atomic E-state index is 5.71. The van der Waals surface area contributed by atoms with Gasteiger partial charge in [-0.05, 0) is 55.1 Å². The highest BCUT2D eigenvalue weighted by atomic mass is 33.7. The van der Waals surface area contributed by atoms with Gasteiger partial charge in [0.2, 0.25) is 0 Å². The summed E-state index contributed by atoms with van der Waals surface area (Å²) in [6.07, 6.45) is 0. The third-order valence-corrected chi connectivity index (χ3v) is 17.6. The van der Waals surface area contributed by atoms with Gasteiger partial charge in [-0.15, -0.1) is 0 Å². The van der Waals surface area contributed by atoms with Crippen molar-refractivity contribution in [1.82, 2.24) is 0 Å². The molecular weight excluding hydrogens is 425 g/mol. The lowest BCUT2D eigenvalue weighted by atomic mass is 10.3. The average Bonchev–Trinajstić information content (AvgIpc) is 2.62. The van der Waals surface area contributed by atoms with Gasteiger partial charge in [0, 0.05) is 42.7 Å². The smallest absolute Gasteiger partial charge is 0.200 e. The van der Waals surface area contributed by atoms with E-state index in [1.165, 1.54) is 0 Å². The minimum Gasteiger partial charge on any atom is -0.366 e. The first-order valence-corrected chi connectivity index (χ1v) is 13.9. The highest BCUT2D eigenvalue weighted by Crippen LogP contribution is 2.56. The second-order valence-electron chi connectivity index (χ2n) is 5.31. The Kier molecular flexibility index (Phi) is 11.5. The molecule has 0 N–H and O–H groups in total. The molecule has 0 spiro atoms. The van der Waals surface area contributed by atoms with Crippen molar-refractivity contribution in [3.05, 3.63) is 0 Å². The van der Waals surface area contributed by atoms with Gasteiger partial charge in [0.25, 0.3) is 0 Å². The lowest BCUT2D eigenvalue weighted by molar-refractivity contribution is -0.242. The number of methoxy groups -OCH3 is 6. The molecule has 2 unspecified atom stereocenters. The van der Waals surface area contributed by atoms with Gasteiger partial charge >= 0.3 is 0 Å². The maximum atomic E-state index is 5.71. The Morgan fingerprint density at radius 2 is 0.792 bits per heavy atom. The Morgan fingerprint density at radius 3 is 0.958 bits per heavy atom. The number of rotatable bonds is 13. The van der Waals surface area contributed by atoms with E-state index in [1.54, 1.807) is 83.9 Å². The monoisotopic (exact) mass is 454 g/mol.